The van der Waals surface area contributed by atoms with Crippen LogP contribution in [0.2, 0.25) is 0 Å². The quantitative estimate of drug-likeness (QED) is 0.746. The molecule has 0 spiro atoms. The predicted molar refractivity (Wildman–Crippen MR) is 102 cm³/mol. The average molecular weight is 367 g/mol. The number of aryl methyl sites for hydroxylation is 1. The number of nitrogens with zero attached hydrogens (tertiary/aromatic N) is 2. The lowest BCUT2D eigenvalue weighted by atomic mass is 10.1. The van der Waals surface area contributed by atoms with Gasteiger partial charge in [-0.05, 0) is 29.8 Å². The minimum absolute atomic E-state index is 0.424. The van der Waals surface area contributed by atoms with Crippen molar-refractivity contribution in [2.75, 3.05) is 11.8 Å². The Morgan fingerprint density at radius 1 is 1.23 bits per heavy atom. The molecule has 0 saturated heterocycles. The maximum Gasteiger partial charge on any atom is 0.254 e. The van der Waals surface area contributed by atoms with Gasteiger partial charge in [0.15, 0.2) is 0 Å². The number of anilines is 1. The van der Waals surface area contributed by atoms with Gasteiger partial charge >= 0.3 is 0 Å². The lowest BCUT2D eigenvalue weighted by Gasteiger charge is -2.08. The molecule has 0 aliphatic heterocycles. The first-order valence-electron chi connectivity index (χ1n) is 7.72. The molecule has 0 atom stereocenters. The van der Waals surface area contributed by atoms with Crippen LogP contribution in [0.3, 0.4) is 0 Å². The summed E-state index contributed by atoms with van der Waals surface area (Å²) in [5.41, 5.74) is 3.43. The Morgan fingerprint density at radius 3 is 2.50 bits per heavy atom. The van der Waals surface area contributed by atoms with E-state index < -0.39 is 10.0 Å². The molecule has 0 aliphatic rings. The van der Waals surface area contributed by atoms with Gasteiger partial charge in [-0.3, -0.25) is 4.72 Å². The van der Waals surface area contributed by atoms with E-state index in [1.807, 2.05) is 29.8 Å². The van der Waals surface area contributed by atoms with Crippen molar-refractivity contribution < 1.29 is 13.2 Å². The molecular formula is C19H17N3O3S. The normalized spacial score (nSPS) is 11.1. The highest BCUT2D eigenvalue weighted by atomic mass is 32.2. The summed E-state index contributed by atoms with van der Waals surface area (Å²) in [6.45, 7) is 3.27. The van der Waals surface area contributed by atoms with E-state index in [2.05, 4.69) is 17.4 Å². The van der Waals surface area contributed by atoms with E-state index in [9.17, 15) is 13.7 Å². The molecule has 132 valence electrons. The third-order valence-corrected chi connectivity index (χ3v) is 5.12. The molecule has 1 heterocycles. The Kier molecular flexibility index (Phi) is 4.45. The summed E-state index contributed by atoms with van der Waals surface area (Å²) in [5.74, 6) is 0.711. The van der Waals surface area contributed by atoms with Gasteiger partial charge in [0.25, 0.3) is 10.0 Å². The summed E-state index contributed by atoms with van der Waals surface area (Å²) in [6.07, 6.45) is 0. The largest absolute Gasteiger partial charge is 0.497 e. The number of nitrogens with one attached hydrogen (secondary N) is 1. The number of hydrogen-bond acceptors (Lipinski definition) is 4. The van der Waals surface area contributed by atoms with Crippen molar-refractivity contribution >= 4 is 26.6 Å². The molecule has 7 heteroatoms. The third-order valence-electron chi connectivity index (χ3n) is 4.16. The van der Waals surface area contributed by atoms with E-state index in [0.29, 0.717) is 17.0 Å². The lowest BCUT2D eigenvalue weighted by Crippen LogP contribution is -2.08. The second-order valence-electron chi connectivity index (χ2n) is 5.67. The first kappa shape index (κ1) is 17.6. The lowest BCUT2D eigenvalue weighted by molar-refractivity contribution is 0.415. The number of ether oxygens (including phenoxy) is 1. The minimum Gasteiger partial charge on any atom is -0.497 e. The number of hydrogen-bond donors (Lipinski definition) is 1. The highest BCUT2D eigenvalue weighted by Gasteiger charge is 2.17. The smallest absolute Gasteiger partial charge is 0.254 e. The van der Waals surface area contributed by atoms with Crippen LogP contribution in [0.5, 0.6) is 5.75 Å². The predicted octanol–water partition coefficient (Wildman–Crippen LogP) is 3.61. The van der Waals surface area contributed by atoms with E-state index in [4.69, 9.17) is 4.74 Å². The molecule has 0 fully saturated rings. The molecule has 26 heavy (non-hydrogen) atoms. The first-order chi connectivity index (χ1) is 12.4. The van der Waals surface area contributed by atoms with Gasteiger partial charge in [-0.1, -0.05) is 18.7 Å². The van der Waals surface area contributed by atoms with Crippen LogP contribution in [0.4, 0.5) is 5.69 Å². The Bertz CT molecular complexity index is 1140. The van der Waals surface area contributed by atoms with Crippen molar-refractivity contribution in [3.63, 3.8) is 0 Å². The number of aromatic nitrogens is 1. The summed E-state index contributed by atoms with van der Waals surface area (Å²) < 4.78 is 32.7. The van der Waals surface area contributed by atoms with Gasteiger partial charge in [0.05, 0.1) is 23.9 Å². The first-order valence-corrected chi connectivity index (χ1v) is 9.27. The molecule has 0 unspecified atom stereocenters. The molecule has 1 N–H and O–H groups in total. The topological polar surface area (TPSA) is 84.1 Å². The van der Waals surface area contributed by atoms with Crippen LogP contribution < -0.4 is 9.46 Å². The number of benzene rings is 2. The summed E-state index contributed by atoms with van der Waals surface area (Å²) in [5, 5.41) is 11.3. The molecule has 3 aromatic rings. The van der Waals surface area contributed by atoms with Crippen molar-refractivity contribution in [1.29, 1.82) is 5.26 Å². The van der Waals surface area contributed by atoms with Crippen LogP contribution in [0.15, 0.2) is 54.5 Å². The van der Waals surface area contributed by atoms with Crippen LogP contribution in [-0.4, -0.2) is 20.1 Å². The Morgan fingerprint density at radius 2 is 1.92 bits per heavy atom. The summed E-state index contributed by atoms with van der Waals surface area (Å²) in [6, 6.07) is 14.7. The molecule has 0 bridgehead atoms. The zero-order valence-electron chi connectivity index (χ0n) is 14.4. The van der Waals surface area contributed by atoms with Crippen LogP contribution >= 0.6 is 0 Å². The molecule has 0 aliphatic carbocycles. The number of nitriles is 1. The fraction of sp³-hybridized carbons (Fsp3) is 0.105. The molecule has 0 amide bonds. The van der Waals surface area contributed by atoms with E-state index in [1.54, 1.807) is 31.4 Å². The van der Waals surface area contributed by atoms with Crippen molar-refractivity contribution in [3.8, 4) is 23.1 Å². The van der Waals surface area contributed by atoms with Gasteiger partial charge in [-0.2, -0.15) is 5.26 Å². The Hall–Kier alpha value is -3.24. The molecule has 3 rings (SSSR count). The molecule has 0 radical (unpaired) electrons. The van der Waals surface area contributed by atoms with Crippen molar-refractivity contribution in [1.82, 2.24) is 4.57 Å². The summed E-state index contributed by atoms with van der Waals surface area (Å²) in [4.78, 5) is 0. The monoisotopic (exact) mass is 367 g/mol. The Labute approximate surface area is 152 Å². The van der Waals surface area contributed by atoms with Crippen LogP contribution in [-0.2, 0) is 17.1 Å². The zero-order chi connectivity index (χ0) is 18.9. The molecule has 1 aromatic heterocycles. The van der Waals surface area contributed by atoms with Crippen molar-refractivity contribution in [2.45, 2.75) is 0 Å². The standard InChI is InChI=1S/C19H17N3O3S/c1-4-26(23,24)21-14-7-5-13(6-8-14)19-17(12-20)16-10-9-15(25-3)11-18(16)22(19)2/h4-11,21H,1H2,2-3H3. The van der Waals surface area contributed by atoms with E-state index >= 15 is 0 Å². The molecule has 6 nitrogen and oxygen atoms in total. The van der Waals surface area contributed by atoms with Crippen molar-refractivity contribution in [3.05, 3.63) is 60.0 Å². The van der Waals surface area contributed by atoms with Crippen LogP contribution in [0.1, 0.15) is 5.56 Å². The van der Waals surface area contributed by atoms with Crippen LogP contribution in [0.25, 0.3) is 22.2 Å². The second-order valence-corrected chi connectivity index (χ2v) is 7.30. The summed E-state index contributed by atoms with van der Waals surface area (Å²) >= 11 is 0. The van der Waals surface area contributed by atoms with E-state index in [1.165, 1.54) is 0 Å². The fourth-order valence-corrected chi connectivity index (χ4v) is 3.44. The fourth-order valence-electron chi connectivity index (χ4n) is 2.90. The van der Waals surface area contributed by atoms with Gasteiger partial charge in [0, 0.05) is 29.6 Å². The van der Waals surface area contributed by atoms with E-state index in [0.717, 1.165) is 27.6 Å². The van der Waals surface area contributed by atoms with Crippen LogP contribution in [0, 0.1) is 11.3 Å². The number of sulfonamides is 1. The highest BCUT2D eigenvalue weighted by Crippen LogP contribution is 2.34. The van der Waals surface area contributed by atoms with Gasteiger partial charge in [-0.15, -0.1) is 0 Å². The zero-order valence-corrected chi connectivity index (χ0v) is 15.2. The molecule has 0 saturated carbocycles. The maximum absolute atomic E-state index is 11.6. The summed E-state index contributed by atoms with van der Waals surface area (Å²) in [7, 11) is -0.0791. The van der Waals surface area contributed by atoms with Gasteiger partial charge in [0.2, 0.25) is 0 Å². The average Bonchev–Trinajstić information content (AvgIpc) is 2.93. The van der Waals surface area contributed by atoms with Gasteiger partial charge in [0.1, 0.15) is 11.8 Å². The number of fused-ring (bicyclic) bond motifs is 1. The molecule has 2 aromatic carbocycles. The van der Waals surface area contributed by atoms with Crippen molar-refractivity contribution in [2.24, 2.45) is 7.05 Å². The van der Waals surface area contributed by atoms with E-state index in [-0.39, 0.29) is 0 Å². The van der Waals surface area contributed by atoms with Gasteiger partial charge < -0.3 is 9.30 Å². The van der Waals surface area contributed by atoms with Gasteiger partial charge in [-0.25, -0.2) is 8.42 Å². The third kappa shape index (κ3) is 3.03. The SMILES string of the molecule is C=CS(=O)(=O)Nc1ccc(-c2c(C#N)c3ccc(OC)cc3n2C)cc1. The second kappa shape index (κ2) is 6.58. The molecular weight excluding hydrogens is 350 g/mol. The highest BCUT2D eigenvalue weighted by molar-refractivity contribution is 7.95. The maximum atomic E-state index is 11.6. The minimum atomic E-state index is -3.56. The number of methoxy groups -OCH3 is 1. The Balaban J connectivity index is 2.12. The number of rotatable bonds is 5.